The van der Waals surface area contributed by atoms with Crippen molar-refractivity contribution in [2.45, 2.75) is 4.90 Å². The van der Waals surface area contributed by atoms with E-state index in [0.717, 1.165) is 6.07 Å². The number of guanidine groups is 1. The molecule has 0 spiro atoms. The molecule has 1 saturated heterocycles. The minimum absolute atomic E-state index is 0.108. The number of piperazine rings is 1. The Bertz CT molecular complexity index is 974. The largest absolute Gasteiger partial charge is 0.366 e. The zero-order valence-corrected chi connectivity index (χ0v) is 17.0. The minimum Gasteiger partial charge on any atom is -0.366 e. The lowest BCUT2D eigenvalue weighted by Gasteiger charge is -2.37. The Morgan fingerprint density at radius 1 is 1.00 bits per heavy atom. The summed E-state index contributed by atoms with van der Waals surface area (Å²) in [6.07, 6.45) is 0. The van der Waals surface area contributed by atoms with Crippen molar-refractivity contribution in [2.24, 2.45) is 4.99 Å². The molecular formula is C20H24F2N4O2S. The van der Waals surface area contributed by atoms with Crippen LogP contribution in [0.5, 0.6) is 0 Å². The molecule has 0 unspecified atom stereocenters. The van der Waals surface area contributed by atoms with Crippen LogP contribution in [-0.4, -0.2) is 64.8 Å². The van der Waals surface area contributed by atoms with Gasteiger partial charge in [-0.25, -0.2) is 17.2 Å². The second-order valence-corrected chi connectivity index (χ2v) is 8.73. The smallest absolute Gasteiger partial charge is 0.193 e. The summed E-state index contributed by atoms with van der Waals surface area (Å²) in [5.41, 5.74) is 0.575. The summed E-state index contributed by atoms with van der Waals surface area (Å²) >= 11 is 0. The molecule has 2 aromatic rings. The third-order valence-corrected chi connectivity index (χ3v) is 6.55. The highest BCUT2D eigenvalue weighted by Gasteiger charge is 2.22. The topological polar surface area (TPSA) is 65.0 Å². The fraction of sp³-hybridized carbons (Fsp3) is 0.350. The predicted octanol–water partition coefficient (Wildman–Crippen LogP) is 2.14. The van der Waals surface area contributed by atoms with Crippen LogP contribution in [0.15, 0.2) is 58.4 Å². The minimum atomic E-state index is -3.74. The summed E-state index contributed by atoms with van der Waals surface area (Å²) in [7, 11) is -2.11. The van der Waals surface area contributed by atoms with Gasteiger partial charge in [-0.15, -0.1) is 0 Å². The van der Waals surface area contributed by atoms with E-state index in [2.05, 4.69) is 10.3 Å². The maximum atomic E-state index is 14.0. The van der Waals surface area contributed by atoms with Crippen molar-refractivity contribution in [3.63, 3.8) is 0 Å². The van der Waals surface area contributed by atoms with Gasteiger partial charge in [0.05, 0.1) is 11.4 Å². The summed E-state index contributed by atoms with van der Waals surface area (Å²) in [4.78, 5) is 7.88. The lowest BCUT2D eigenvalue weighted by Crippen LogP contribution is -2.53. The van der Waals surface area contributed by atoms with E-state index in [0.29, 0.717) is 37.8 Å². The molecule has 3 rings (SSSR count). The summed E-state index contributed by atoms with van der Waals surface area (Å²) in [5, 5.41) is 3.03. The lowest BCUT2D eigenvalue weighted by molar-refractivity contribution is 0.372. The predicted molar refractivity (Wildman–Crippen MR) is 110 cm³/mol. The third kappa shape index (κ3) is 5.03. The summed E-state index contributed by atoms with van der Waals surface area (Å²) in [6.45, 7) is 2.59. The van der Waals surface area contributed by atoms with Crippen LogP contribution in [0.4, 0.5) is 14.5 Å². The first-order chi connectivity index (χ1) is 13.9. The zero-order valence-electron chi connectivity index (χ0n) is 16.2. The molecule has 0 amide bonds. The van der Waals surface area contributed by atoms with E-state index >= 15 is 0 Å². The molecule has 1 heterocycles. The molecule has 1 fully saturated rings. The van der Waals surface area contributed by atoms with Crippen LogP contribution in [0.25, 0.3) is 0 Å². The van der Waals surface area contributed by atoms with Crippen molar-refractivity contribution in [3.05, 3.63) is 60.2 Å². The highest BCUT2D eigenvalue weighted by molar-refractivity contribution is 7.91. The Labute approximate surface area is 169 Å². The highest BCUT2D eigenvalue weighted by atomic mass is 32.2. The lowest BCUT2D eigenvalue weighted by atomic mass is 10.2. The van der Waals surface area contributed by atoms with E-state index < -0.39 is 15.7 Å². The van der Waals surface area contributed by atoms with Gasteiger partial charge in [-0.1, -0.05) is 24.3 Å². The van der Waals surface area contributed by atoms with Crippen molar-refractivity contribution < 1.29 is 17.2 Å². The zero-order chi connectivity index (χ0) is 20.9. The van der Waals surface area contributed by atoms with Crippen molar-refractivity contribution in [1.29, 1.82) is 0 Å². The van der Waals surface area contributed by atoms with Crippen LogP contribution in [0, 0.1) is 11.6 Å². The van der Waals surface area contributed by atoms with E-state index in [1.165, 1.54) is 24.3 Å². The number of benzene rings is 2. The number of anilines is 1. The SMILES string of the molecule is CN=C(NCCS(=O)(=O)c1ccccc1F)N1CCN(c2ccccc2F)CC1. The molecule has 1 aliphatic rings. The monoisotopic (exact) mass is 422 g/mol. The Hall–Kier alpha value is -2.68. The van der Waals surface area contributed by atoms with Crippen LogP contribution in [0.3, 0.4) is 0 Å². The van der Waals surface area contributed by atoms with Crippen molar-refractivity contribution in [1.82, 2.24) is 10.2 Å². The number of hydrogen-bond acceptors (Lipinski definition) is 4. The maximum Gasteiger partial charge on any atom is 0.193 e. The highest BCUT2D eigenvalue weighted by Crippen LogP contribution is 2.20. The number of sulfone groups is 1. The fourth-order valence-electron chi connectivity index (χ4n) is 3.30. The fourth-order valence-corrected chi connectivity index (χ4v) is 4.55. The van der Waals surface area contributed by atoms with Crippen molar-refractivity contribution >= 4 is 21.5 Å². The maximum absolute atomic E-state index is 14.0. The summed E-state index contributed by atoms with van der Waals surface area (Å²) in [5.74, 6) is -0.674. The number of rotatable bonds is 5. The van der Waals surface area contributed by atoms with Crippen molar-refractivity contribution in [3.8, 4) is 0 Å². The van der Waals surface area contributed by atoms with Crippen LogP contribution in [0.2, 0.25) is 0 Å². The Morgan fingerprint density at radius 2 is 1.62 bits per heavy atom. The molecule has 29 heavy (non-hydrogen) atoms. The normalized spacial score (nSPS) is 15.5. The van der Waals surface area contributed by atoms with E-state index in [1.54, 1.807) is 25.2 Å². The van der Waals surface area contributed by atoms with E-state index in [4.69, 9.17) is 0 Å². The van der Waals surface area contributed by atoms with Crippen LogP contribution >= 0.6 is 0 Å². The first-order valence-corrected chi connectivity index (χ1v) is 11.0. The second-order valence-electron chi connectivity index (χ2n) is 6.65. The molecule has 0 radical (unpaired) electrons. The summed E-state index contributed by atoms with van der Waals surface area (Å²) < 4.78 is 52.4. The molecule has 156 valence electrons. The molecule has 0 bridgehead atoms. The molecule has 1 aliphatic heterocycles. The molecule has 2 aromatic carbocycles. The van der Waals surface area contributed by atoms with Gasteiger partial charge >= 0.3 is 0 Å². The van der Waals surface area contributed by atoms with Crippen LogP contribution in [0.1, 0.15) is 0 Å². The Morgan fingerprint density at radius 3 is 2.24 bits per heavy atom. The Balaban J connectivity index is 1.54. The average molecular weight is 423 g/mol. The average Bonchev–Trinajstić information content (AvgIpc) is 2.72. The van der Waals surface area contributed by atoms with Gasteiger partial charge < -0.3 is 15.1 Å². The molecule has 0 aliphatic carbocycles. The number of para-hydroxylation sites is 1. The van der Waals surface area contributed by atoms with Gasteiger partial charge in [-0.2, -0.15) is 0 Å². The molecule has 0 aromatic heterocycles. The van der Waals surface area contributed by atoms with E-state index in [-0.39, 0.29) is 23.0 Å². The van der Waals surface area contributed by atoms with Crippen LogP contribution in [-0.2, 0) is 9.84 Å². The molecular weight excluding hydrogens is 398 g/mol. The number of hydrogen-bond donors (Lipinski definition) is 1. The molecule has 1 N–H and O–H groups in total. The Kier molecular flexibility index (Phi) is 6.68. The van der Waals surface area contributed by atoms with Gasteiger partial charge in [0, 0.05) is 39.8 Å². The number of aliphatic imine (C=N–C) groups is 1. The first-order valence-electron chi connectivity index (χ1n) is 9.35. The van der Waals surface area contributed by atoms with E-state index in [9.17, 15) is 17.2 Å². The van der Waals surface area contributed by atoms with Gasteiger partial charge in [-0.3, -0.25) is 4.99 Å². The molecule has 0 saturated carbocycles. The quantitative estimate of drug-likeness (QED) is 0.591. The van der Waals surface area contributed by atoms with E-state index in [1.807, 2.05) is 9.80 Å². The summed E-state index contributed by atoms with van der Waals surface area (Å²) in [6, 6.07) is 12.0. The van der Waals surface area contributed by atoms with Crippen LogP contribution < -0.4 is 10.2 Å². The molecule has 6 nitrogen and oxygen atoms in total. The second kappa shape index (κ2) is 9.21. The number of halogens is 2. The van der Waals surface area contributed by atoms with Gasteiger partial charge in [0.25, 0.3) is 0 Å². The molecule has 0 atom stereocenters. The third-order valence-electron chi connectivity index (χ3n) is 4.81. The first kappa shape index (κ1) is 21.0. The van der Waals surface area contributed by atoms with Gasteiger partial charge in [0.1, 0.15) is 16.5 Å². The standard InChI is InChI=1S/C20H24F2N4O2S/c1-23-20(24-10-15-29(27,28)19-9-5-3-7-17(19)22)26-13-11-25(12-14-26)18-8-4-2-6-16(18)21/h2-9H,10-15H2,1H3,(H,23,24). The van der Waals surface area contributed by atoms with Gasteiger partial charge in [0.2, 0.25) is 0 Å². The number of nitrogens with zero attached hydrogens (tertiary/aromatic N) is 3. The number of nitrogens with one attached hydrogen (secondary N) is 1. The van der Waals surface area contributed by atoms with Crippen molar-refractivity contribution in [2.75, 3.05) is 50.4 Å². The van der Waals surface area contributed by atoms with Gasteiger partial charge in [-0.05, 0) is 24.3 Å². The van der Waals surface area contributed by atoms with Gasteiger partial charge in [0.15, 0.2) is 15.8 Å². The molecule has 9 heteroatoms.